The Kier molecular flexibility index (Phi) is 3.29. The third-order valence-electron chi connectivity index (χ3n) is 3.16. The van der Waals surface area contributed by atoms with E-state index in [1.807, 2.05) is 6.07 Å². The van der Waals surface area contributed by atoms with Crippen LogP contribution in [0.3, 0.4) is 0 Å². The van der Waals surface area contributed by atoms with Gasteiger partial charge in [-0.25, -0.2) is 0 Å². The molecule has 0 unspecified atom stereocenters. The van der Waals surface area contributed by atoms with Crippen LogP contribution in [0.5, 0.6) is 0 Å². The molecule has 0 radical (unpaired) electrons. The van der Waals surface area contributed by atoms with Crippen molar-refractivity contribution in [2.45, 2.75) is 18.9 Å². The first kappa shape index (κ1) is 12.0. The highest BCUT2D eigenvalue weighted by molar-refractivity contribution is 9.10. The summed E-state index contributed by atoms with van der Waals surface area (Å²) < 4.78 is 1.11. The lowest BCUT2D eigenvalue weighted by Gasteiger charge is -2.08. The Labute approximate surface area is 109 Å². The topological polar surface area (TPSA) is 41.8 Å². The van der Waals surface area contributed by atoms with Gasteiger partial charge in [0.15, 0.2) is 0 Å². The van der Waals surface area contributed by atoms with Crippen molar-refractivity contribution in [1.82, 2.24) is 4.98 Å². The van der Waals surface area contributed by atoms with Crippen LogP contribution in [0.1, 0.15) is 24.4 Å². The number of aromatic amines is 1. The number of halogens is 2. The lowest BCUT2D eigenvalue weighted by atomic mass is 10.0. The van der Waals surface area contributed by atoms with Crippen molar-refractivity contribution in [2.75, 3.05) is 0 Å². The molecule has 1 heterocycles. The van der Waals surface area contributed by atoms with Gasteiger partial charge in [0.1, 0.15) is 0 Å². The minimum absolute atomic E-state index is 0. The molecule has 0 bridgehead atoms. The normalized spacial score (nSPS) is 17.1. The first-order valence-electron chi connectivity index (χ1n) is 5.28. The van der Waals surface area contributed by atoms with E-state index >= 15 is 0 Å². The zero-order valence-electron chi connectivity index (χ0n) is 8.74. The number of benzene rings is 1. The summed E-state index contributed by atoms with van der Waals surface area (Å²) in [5.74, 6) is 0.697. The van der Waals surface area contributed by atoms with Crippen molar-refractivity contribution >= 4 is 39.2 Å². The van der Waals surface area contributed by atoms with Gasteiger partial charge >= 0.3 is 0 Å². The summed E-state index contributed by atoms with van der Waals surface area (Å²) in [6.07, 6.45) is 4.61. The fraction of sp³-hybridized carbons (Fsp3) is 0.333. The van der Waals surface area contributed by atoms with E-state index in [2.05, 4.69) is 39.2 Å². The van der Waals surface area contributed by atoms with Crippen molar-refractivity contribution in [3.8, 4) is 0 Å². The van der Waals surface area contributed by atoms with Gasteiger partial charge in [0.05, 0.1) is 0 Å². The Hall–Kier alpha value is -0.510. The van der Waals surface area contributed by atoms with Gasteiger partial charge in [0, 0.05) is 27.6 Å². The van der Waals surface area contributed by atoms with Gasteiger partial charge in [-0.05, 0) is 42.5 Å². The van der Waals surface area contributed by atoms with Gasteiger partial charge in [-0.2, -0.15) is 0 Å². The quantitative estimate of drug-likeness (QED) is 0.871. The van der Waals surface area contributed by atoms with Gasteiger partial charge < -0.3 is 10.7 Å². The highest BCUT2D eigenvalue weighted by Crippen LogP contribution is 2.41. The van der Waals surface area contributed by atoms with Gasteiger partial charge in [-0.3, -0.25) is 0 Å². The average molecular weight is 302 g/mol. The lowest BCUT2D eigenvalue weighted by Crippen LogP contribution is -2.11. The molecule has 0 aliphatic heterocycles. The molecule has 1 atom stereocenters. The van der Waals surface area contributed by atoms with E-state index in [0.717, 1.165) is 4.47 Å². The Morgan fingerprint density at radius 3 is 2.81 bits per heavy atom. The van der Waals surface area contributed by atoms with Crippen molar-refractivity contribution in [3.05, 3.63) is 34.4 Å². The van der Waals surface area contributed by atoms with Crippen LogP contribution in [0.2, 0.25) is 0 Å². The number of nitrogens with one attached hydrogen (secondary N) is 1. The number of rotatable bonds is 2. The Balaban J connectivity index is 0.000000963. The second-order valence-electron chi connectivity index (χ2n) is 4.30. The summed E-state index contributed by atoms with van der Waals surface area (Å²) in [6.45, 7) is 0. The van der Waals surface area contributed by atoms with Crippen molar-refractivity contribution in [3.63, 3.8) is 0 Å². The van der Waals surface area contributed by atoms with Crippen molar-refractivity contribution in [1.29, 1.82) is 0 Å². The van der Waals surface area contributed by atoms with Gasteiger partial charge in [0.25, 0.3) is 0 Å². The number of fused-ring (bicyclic) bond motifs is 1. The van der Waals surface area contributed by atoms with Crippen LogP contribution in [0.15, 0.2) is 28.9 Å². The molecule has 2 aromatic rings. The van der Waals surface area contributed by atoms with Crippen LogP contribution >= 0.6 is 28.3 Å². The van der Waals surface area contributed by atoms with Crippen LogP contribution in [0, 0.1) is 5.92 Å². The molecule has 0 saturated heterocycles. The summed E-state index contributed by atoms with van der Waals surface area (Å²) in [5.41, 5.74) is 8.65. The molecule has 0 spiro atoms. The zero-order chi connectivity index (χ0) is 10.4. The maximum Gasteiger partial charge on any atom is 0.0458 e. The van der Waals surface area contributed by atoms with Crippen LogP contribution < -0.4 is 5.73 Å². The van der Waals surface area contributed by atoms with Gasteiger partial charge in [-0.1, -0.05) is 15.9 Å². The van der Waals surface area contributed by atoms with E-state index in [1.54, 1.807) is 0 Å². The minimum atomic E-state index is 0. The Morgan fingerprint density at radius 2 is 2.12 bits per heavy atom. The van der Waals surface area contributed by atoms with E-state index in [1.165, 1.54) is 29.3 Å². The van der Waals surface area contributed by atoms with Gasteiger partial charge in [0.2, 0.25) is 0 Å². The summed E-state index contributed by atoms with van der Waals surface area (Å²) in [7, 11) is 0. The maximum absolute atomic E-state index is 6.23. The first-order valence-corrected chi connectivity index (χ1v) is 6.07. The average Bonchev–Trinajstić information content (AvgIpc) is 2.98. The van der Waals surface area contributed by atoms with E-state index in [0.29, 0.717) is 5.92 Å². The van der Waals surface area contributed by atoms with Crippen LogP contribution in [-0.4, -0.2) is 4.98 Å². The lowest BCUT2D eigenvalue weighted by molar-refractivity contribution is 0.638. The molecule has 3 rings (SSSR count). The van der Waals surface area contributed by atoms with Crippen molar-refractivity contribution < 1.29 is 0 Å². The SMILES string of the molecule is Cl.N[C@H](c1c[nH]c2ccc(Br)cc12)C1CC1. The fourth-order valence-electron chi connectivity index (χ4n) is 2.10. The van der Waals surface area contributed by atoms with Crippen LogP contribution in [0.4, 0.5) is 0 Å². The van der Waals surface area contributed by atoms with Crippen LogP contribution in [-0.2, 0) is 0 Å². The highest BCUT2D eigenvalue weighted by atomic mass is 79.9. The number of H-pyrrole nitrogens is 1. The summed E-state index contributed by atoms with van der Waals surface area (Å²) in [4.78, 5) is 3.28. The Morgan fingerprint density at radius 1 is 1.38 bits per heavy atom. The highest BCUT2D eigenvalue weighted by Gasteiger charge is 2.30. The number of aromatic nitrogens is 1. The molecular formula is C12H14BrClN2. The maximum atomic E-state index is 6.23. The molecular weight excluding hydrogens is 288 g/mol. The van der Waals surface area contributed by atoms with Crippen molar-refractivity contribution in [2.24, 2.45) is 11.7 Å². The molecule has 1 aromatic heterocycles. The first-order chi connectivity index (χ1) is 7.25. The molecule has 1 fully saturated rings. The molecule has 4 heteroatoms. The van der Waals surface area contributed by atoms with Gasteiger partial charge in [-0.15, -0.1) is 12.4 Å². The summed E-state index contributed by atoms with van der Waals surface area (Å²) in [6, 6.07) is 6.48. The molecule has 1 aromatic carbocycles. The van der Waals surface area contributed by atoms with E-state index in [-0.39, 0.29) is 18.4 Å². The molecule has 1 saturated carbocycles. The molecule has 3 N–H and O–H groups in total. The smallest absolute Gasteiger partial charge is 0.0458 e. The monoisotopic (exact) mass is 300 g/mol. The fourth-order valence-corrected chi connectivity index (χ4v) is 2.46. The predicted octanol–water partition coefficient (Wildman–Crippen LogP) is 3.76. The largest absolute Gasteiger partial charge is 0.361 e. The third kappa shape index (κ3) is 1.99. The molecule has 1 aliphatic rings. The minimum Gasteiger partial charge on any atom is -0.361 e. The second kappa shape index (κ2) is 4.40. The third-order valence-corrected chi connectivity index (χ3v) is 3.66. The predicted molar refractivity (Wildman–Crippen MR) is 72.9 cm³/mol. The molecule has 86 valence electrons. The Bertz CT molecular complexity index is 505. The van der Waals surface area contributed by atoms with E-state index in [9.17, 15) is 0 Å². The van der Waals surface area contributed by atoms with Crippen LogP contribution in [0.25, 0.3) is 10.9 Å². The standard InChI is InChI=1S/C12H13BrN2.ClH/c13-8-3-4-11-9(5-8)10(6-15-11)12(14)7-1-2-7;/h3-7,12,15H,1-2,14H2;1H/t12-;/m0./s1. The number of nitrogens with two attached hydrogens (primary N) is 1. The number of hydrogen-bond donors (Lipinski definition) is 2. The van der Waals surface area contributed by atoms with E-state index < -0.39 is 0 Å². The molecule has 1 aliphatic carbocycles. The molecule has 2 nitrogen and oxygen atoms in total. The zero-order valence-corrected chi connectivity index (χ0v) is 11.1. The number of hydrogen-bond acceptors (Lipinski definition) is 1. The second-order valence-corrected chi connectivity index (χ2v) is 5.21. The van der Waals surface area contributed by atoms with E-state index in [4.69, 9.17) is 5.73 Å². The summed E-state index contributed by atoms with van der Waals surface area (Å²) in [5, 5.41) is 1.25. The molecule has 0 amide bonds. The molecule has 16 heavy (non-hydrogen) atoms. The summed E-state index contributed by atoms with van der Waals surface area (Å²) >= 11 is 3.50.